The van der Waals surface area contributed by atoms with Gasteiger partial charge in [0.15, 0.2) is 0 Å². The van der Waals surface area contributed by atoms with Crippen LogP contribution in [-0.4, -0.2) is 24.8 Å². The Labute approximate surface area is 129 Å². The molecule has 1 aromatic heterocycles. The van der Waals surface area contributed by atoms with Gasteiger partial charge in [-0.05, 0) is 25.1 Å². The van der Waals surface area contributed by atoms with Crippen molar-refractivity contribution in [1.29, 1.82) is 0 Å². The molecule has 0 aliphatic rings. The smallest absolute Gasteiger partial charge is 0.246 e. The van der Waals surface area contributed by atoms with E-state index in [2.05, 4.69) is 20.9 Å². The maximum Gasteiger partial charge on any atom is 0.246 e. The first-order chi connectivity index (χ1) is 9.30. The van der Waals surface area contributed by atoms with E-state index in [0.717, 1.165) is 20.3 Å². The summed E-state index contributed by atoms with van der Waals surface area (Å²) < 4.78 is 40.1. The topological polar surface area (TPSA) is 50.3 Å². The van der Waals surface area contributed by atoms with Crippen LogP contribution in [0, 0.1) is 12.7 Å². The van der Waals surface area contributed by atoms with Crippen molar-refractivity contribution in [2.24, 2.45) is 0 Å². The van der Waals surface area contributed by atoms with Crippen molar-refractivity contribution in [2.45, 2.75) is 18.4 Å². The highest BCUT2D eigenvalue weighted by Gasteiger charge is 2.25. The molecule has 0 fully saturated rings. The van der Waals surface area contributed by atoms with Gasteiger partial charge in [-0.3, -0.25) is 0 Å². The number of benzene rings is 1. The number of hydrogen-bond acceptors (Lipinski definition) is 4. The zero-order valence-electron chi connectivity index (χ0n) is 10.8. The molecule has 2 aromatic rings. The van der Waals surface area contributed by atoms with Crippen LogP contribution in [0.25, 0.3) is 0 Å². The minimum atomic E-state index is -3.86. The molecule has 0 N–H and O–H groups in total. The van der Waals surface area contributed by atoms with Crippen LogP contribution < -0.4 is 0 Å². The Hall–Kier alpha value is -0.830. The highest BCUT2D eigenvalue weighted by molar-refractivity contribution is 9.10. The second kappa shape index (κ2) is 5.88. The monoisotopic (exact) mass is 378 g/mol. The first kappa shape index (κ1) is 15.6. The molecule has 0 saturated carbocycles. The van der Waals surface area contributed by atoms with Crippen LogP contribution >= 0.6 is 27.3 Å². The van der Waals surface area contributed by atoms with Crippen molar-refractivity contribution in [2.75, 3.05) is 7.05 Å². The van der Waals surface area contributed by atoms with E-state index in [-0.39, 0.29) is 11.4 Å². The Bertz CT molecular complexity index is 731. The molecule has 0 unspecified atom stereocenters. The van der Waals surface area contributed by atoms with Crippen LogP contribution in [0.2, 0.25) is 0 Å². The SMILES string of the molecule is Cc1ncc(CN(C)S(=O)(=O)c2ccc(Br)cc2F)s1. The van der Waals surface area contributed by atoms with Gasteiger partial charge in [0, 0.05) is 29.1 Å². The van der Waals surface area contributed by atoms with E-state index in [0.29, 0.717) is 4.47 Å². The van der Waals surface area contributed by atoms with Crippen LogP contribution in [0.3, 0.4) is 0 Å². The van der Waals surface area contributed by atoms with Gasteiger partial charge < -0.3 is 0 Å². The minimum Gasteiger partial charge on any atom is -0.250 e. The average molecular weight is 379 g/mol. The second-order valence-corrected chi connectivity index (χ2v) is 8.43. The van der Waals surface area contributed by atoms with Crippen LogP contribution in [0.1, 0.15) is 9.88 Å². The first-order valence-corrected chi connectivity index (χ1v) is 8.68. The van der Waals surface area contributed by atoms with E-state index < -0.39 is 15.8 Å². The third kappa shape index (κ3) is 3.25. The van der Waals surface area contributed by atoms with Crippen molar-refractivity contribution in [1.82, 2.24) is 9.29 Å². The van der Waals surface area contributed by atoms with E-state index in [1.54, 1.807) is 6.20 Å². The molecule has 1 heterocycles. The Balaban J connectivity index is 2.29. The van der Waals surface area contributed by atoms with E-state index in [1.165, 1.54) is 30.5 Å². The van der Waals surface area contributed by atoms with Crippen molar-refractivity contribution < 1.29 is 12.8 Å². The van der Waals surface area contributed by atoms with Crippen molar-refractivity contribution in [3.8, 4) is 0 Å². The van der Waals surface area contributed by atoms with Gasteiger partial charge in [0.1, 0.15) is 10.7 Å². The molecule has 0 radical (unpaired) electrons. The maximum atomic E-state index is 13.8. The van der Waals surface area contributed by atoms with Gasteiger partial charge in [-0.25, -0.2) is 17.8 Å². The lowest BCUT2D eigenvalue weighted by Gasteiger charge is -2.16. The van der Waals surface area contributed by atoms with Gasteiger partial charge in [0.05, 0.1) is 5.01 Å². The number of sulfonamides is 1. The van der Waals surface area contributed by atoms with Crippen LogP contribution in [0.15, 0.2) is 33.8 Å². The van der Waals surface area contributed by atoms with Gasteiger partial charge in [-0.2, -0.15) is 4.31 Å². The summed E-state index contributed by atoms with van der Waals surface area (Å²) in [5.41, 5.74) is 0. The zero-order valence-corrected chi connectivity index (χ0v) is 14.0. The average Bonchev–Trinajstić information content (AvgIpc) is 2.74. The zero-order chi connectivity index (χ0) is 14.9. The summed E-state index contributed by atoms with van der Waals surface area (Å²) in [6, 6.07) is 3.89. The normalized spacial score (nSPS) is 12.1. The van der Waals surface area contributed by atoms with E-state index in [9.17, 15) is 12.8 Å². The molecule has 0 aliphatic carbocycles. The minimum absolute atomic E-state index is 0.170. The van der Waals surface area contributed by atoms with E-state index in [4.69, 9.17) is 0 Å². The van der Waals surface area contributed by atoms with Gasteiger partial charge >= 0.3 is 0 Å². The summed E-state index contributed by atoms with van der Waals surface area (Å²) in [5, 5.41) is 0.862. The van der Waals surface area contributed by atoms with E-state index >= 15 is 0 Å². The fraction of sp³-hybridized carbons (Fsp3) is 0.250. The van der Waals surface area contributed by atoms with Gasteiger partial charge in [0.2, 0.25) is 10.0 Å². The number of hydrogen-bond donors (Lipinski definition) is 0. The third-order valence-electron chi connectivity index (χ3n) is 2.63. The summed E-state index contributed by atoms with van der Waals surface area (Å²) in [4.78, 5) is 4.55. The molecule has 8 heteroatoms. The van der Waals surface area contributed by atoms with Gasteiger partial charge in [0.25, 0.3) is 0 Å². The largest absolute Gasteiger partial charge is 0.250 e. The number of rotatable bonds is 4. The van der Waals surface area contributed by atoms with Crippen LogP contribution in [-0.2, 0) is 16.6 Å². The Kier molecular flexibility index (Phi) is 4.58. The molecule has 4 nitrogen and oxygen atoms in total. The molecular weight excluding hydrogens is 367 g/mol. The Morgan fingerprint density at radius 2 is 2.15 bits per heavy atom. The quantitative estimate of drug-likeness (QED) is 0.820. The molecule has 0 spiro atoms. The molecule has 2 rings (SSSR count). The number of aryl methyl sites for hydroxylation is 1. The molecule has 0 atom stereocenters. The maximum absolute atomic E-state index is 13.8. The predicted molar refractivity (Wildman–Crippen MR) is 79.6 cm³/mol. The third-order valence-corrected chi connectivity index (χ3v) is 5.86. The highest BCUT2D eigenvalue weighted by atomic mass is 79.9. The molecule has 0 bridgehead atoms. The number of nitrogens with zero attached hydrogens (tertiary/aromatic N) is 2. The summed E-state index contributed by atoms with van der Waals surface area (Å²) in [5.74, 6) is -0.772. The fourth-order valence-corrected chi connectivity index (χ4v) is 4.09. The summed E-state index contributed by atoms with van der Waals surface area (Å²) >= 11 is 4.52. The molecule has 1 aromatic carbocycles. The Morgan fingerprint density at radius 3 is 2.70 bits per heavy atom. The lowest BCUT2D eigenvalue weighted by molar-refractivity contribution is 0.462. The first-order valence-electron chi connectivity index (χ1n) is 5.63. The second-order valence-electron chi connectivity index (χ2n) is 4.18. The lowest BCUT2D eigenvalue weighted by Crippen LogP contribution is -2.26. The van der Waals surface area contributed by atoms with Crippen molar-refractivity contribution in [3.63, 3.8) is 0 Å². The predicted octanol–water partition coefficient (Wildman–Crippen LogP) is 3.17. The number of thiazole rings is 1. The molecule has 108 valence electrons. The Morgan fingerprint density at radius 1 is 1.45 bits per heavy atom. The standard InChI is InChI=1S/C12H12BrFN2O2S2/c1-8-15-6-10(19-8)7-16(2)20(17,18)12-4-3-9(13)5-11(12)14/h3-6H,7H2,1-2H3. The molecule has 0 amide bonds. The molecule has 0 saturated heterocycles. The summed E-state index contributed by atoms with van der Waals surface area (Å²) in [6.07, 6.45) is 1.63. The van der Waals surface area contributed by atoms with Gasteiger partial charge in [-0.1, -0.05) is 15.9 Å². The summed E-state index contributed by atoms with van der Waals surface area (Å²) in [6.45, 7) is 2.01. The lowest BCUT2D eigenvalue weighted by atomic mass is 10.3. The van der Waals surface area contributed by atoms with Crippen molar-refractivity contribution in [3.05, 3.63) is 44.6 Å². The van der Waals surface area contributed by atoms with E-state index in [1.807, 2.05) is 6.92 Å². The van der Waals surface area contributed by atoms with Crippen molar-refractivity contribution >= 4 is 37.3 Å². The molecular formula is C12H12BrFN2O2S2. The molecule has 0 aliphatic heterocycles. The number of halogens is 2. The molecule has 20 heavy (non-hydrogen) atoms. The summed E-state index contributed by atoms with van der Waals surface area (Å²) in [7, 11) is -2.44. The van der Waals surface area contributed by atoms with Crippen LogP contribution in [0.5, 0.6) is 0 Å². The van der Waals surface area contributed by atoms with Crippen LogP contribution in [0.4, 0.5) is 4.39 Å². The number of aromatic nitrogens is 1. The van der Waals surface area contributed by atoms with Gasteiger partial charge in [-0.15, -0.1) is 11.3 Å². The fourth-order valence-electron chi connectivity index (χ4n) is 1.64. The highest BCUT2D eigenvalue weighted by Crippen LogP contribution is 2.24.